The van der Waals surface area contributed by atoms with E-state index in [0.29, 0.717) is 46.8 Å². The van der Waals surface area contributed by atoms with E-state index in [-0.39, 0.29) is 55.4 Å². The van der Waals surface area contributed by atoms with Gasteiger partial charge in [0.1, 0.15) is 25.1 Å². The van der Waals surface area contributed by atoms with Crippen molar-refractivity contribution in [3.05, 3.63) is 111 Å². The van der Waals surface area contributed by atoms with Crippen LogP contribution in [0.5, 0.6) is 5.75 Å². The number of hydrogen-bond acceptors (Lipinski definition) is 10. The zero-order chi connectivity index (χ0) is 41.9. The molecular formula is C45H47ClN4O9S. The SMILES string of the molecule is COc1ccc(CN(CC23CCC(CC(=O)N(C[C@H]4CN(c5ccc(N6CCOCC6=O)cc5)C(=O)O4)C(=O)c4ccc(Cl)s4)(CC2)C3)C(=O)OCc2ccccc2)cc1. The van der Waals surface area contributed by atoms with E-state index in [0.717, 1.165) is 60.3 Å². The molecule has 0 unspecified atom stereocenters. The van der Waals surface area contributed by atoms with Crippen LogP contribution in [0.2, 0.25) is 4.34 Å². The van der Waals surface area contributed by atoms with Gasteiger partial charge in [0.25, 0.3) is 11.8 Å². The molecule has 0 radical (unpaired) electrons. The highest BCUT2D eigenvalue weighted by Gasteiger charge is 2.56. The lowest BCUT2D eigenvalue weighted by molar-refractivity contribution is -0.132. The van der Waals surface area contributed by atoms with Crippen LogP contribution >= 0.6 is 22.9 Å². The smallest absolute Gasteiger partial charge is 0.414 e. The number of benzene rings is 3. The van der Waals surface area contributed by atoms with Gasteiger partial charge in [0.05, 0.1) is 36.0 Å². The normalized spacial score (nSPS) is 22.1. The lowest BCUT2D eigenvalue weighted by Gasteiger charge is -2.33. The van der Waals surface area contributed by atoms with E-state index >= 15 is 0 Å². The van der Waals surface area contributed by atoms with Gasteiger partial charge in [0.15, 0.2) is 0 Å². The van der Waals surface area contributed by atoms with Crippen LogP contribution in [0.1, 0.15) is 59.3 Å². The summed E-state index contributed by atoms with van der Waals surface area (Å²) in [5, 5.41) is 0. The average molecular weight is 855 g/mol. The third-order valence-corrected chi connectivity index (χ3v) is 13.4. The zero-order valence-corrected chi connectivity index (χ0v) is 35.0. The number of imide groups is 1. The number of anilines is 2. The molecule has 1 atom stereocenters. The number of nitrogens with zero attached hydrogens (tertiary/aromatic N) is 4. The van der Waals surface area contributed by atoms with Crippen LogP contribution in [-0.4, -0.2) is 92.3 Å². The molecule has 3 aromatic carbocycles. The quantitative estimate of drug-likeness (QED) is 0.124. The molecular weight excluding hydrogens is 808 g/mol. The Morgan fingerprint density at radius 2 is 1.57 bits per heavy atom. The molecule has 4 aromatic rings. The van der Waals surface area contributed by atoms with Crippen LogP contribution in [0.15, 0.2) is 91.0 Å². The van der Waals surface area contributed by atoms with E-state index in [4.69, 9.17) is 30.5 Å². The molecule has 1 aromatic heterocycles. The molecule has 4 aliphatic rings. The number of ether oxygens (including phenoxy) is 4. The fraction of sp³-hybridized carbons (Fsp3) is 0.400. The summed E-state index contributed by atoms with van der Waals surface area (Å²) in [6.45, 7) is 1.87. The predicted octanol–water partition coefficient (Wildman–Crippen LogP) is 7.95. The van der Waals surface area contributed by atoms with Crippen molar-refractivity contribution >= 4 is 64.2 Å². The molecule has 2 aliphatic carbocycles. The van der Waals surface area contributed by atoms with Crippen LogP contribution in [-0.2, 0) is 37.0 Å². The third kappa shape index (κ3) is 9.15. The second-order valence-electron chi connectivity index (χ2n) is 16.2. The number of cyclic esters (lactones) is 1. The fourth-order valence-electron chi connectivity index (χ4n) is 9.18. The van der Waals surface area contributed by atoms with Gasteiger partial charge in [-0.25, -0.2) is 9.59 Å². The molecule has 5 amide bonds. The summed E-state index contributed by atoms with van der Waals surface area (Å²) in [7, 11) is 1.61. The van der Waals surface area contributed by atoms with Crippen molar-refractivity contribution in [3.63, 3.8) is 0 Å². The average Bonchev–Trinajstić information content (AvgIpc) is 4.05. The highest BCUT2D eigenvalue weighted by atomic mass is 35.5. The Kier molecular flexibility index (Phi) is 12.1. The van der Waals surface area contributed by atoms with Gasteiger partial charge in [-0.05, 0) is 103 Å². The van der Waals surface area contributed by atoms with E-state index < -0.39 is 24.2 Å². The van der Waals surface area contributed by atoms with Gasteiger partial charge in [0.2, 0.25) is 5.91 Å². The van der Waals surface area contributed by atoms with Crippen LogP contribution < -0.4 is 14.5 Å². The summed E-state index contributed by atoms with van der Waals surface area (Å²) < 4.78 is 22.6. The highest BCUT2D eigenvalue weighted by Crippen LogP contribution is 2.63. The minimum absolute atomic E-state index is 0.0193. The van der Waals surface area contributed by atoms with E-state index in [2.05, 4.69) is 0 Å². The molecule has 2 saturated carbocycles. The number of morpholine rings is 1. The van der Waals surface area contributed by atoms with Crippen LogP contribution in [0, 0.1) is 10.8 Å². The summed E-state index contributed by atoms with van der Waals surface area (Å²) >= 11 is 7.32. The predicted molar refractivity (Wildman–Crippen MR) is 225 cm³/mol. The molecule has 2 bridgehead atoms. The fourth-order valence-corrected chi connectivity index (χ4v) is 10.2. The van der Waals surface area contributed by atoms with Crippen LogP contribution in [0.3, 0.4) is 0 Å². The Morgan fingerprint density at radius 1 is 0.867 bits per heavy atom. The van der Waals surface area contributed by atoms with Gasteiger partial charge in [-0.2, -0.15) is 0 Å². The van der Waals surface area contributed by atoms with Gasteiger partial charge >= 0.3 is 12.2 Å². The molecule has 3 heterocycles. The van der Waals surface area contributed by atoms with Gasteiger partial charge in [-0.15, -0.1) is 11.3 Å². The lowest BCUT2D eigenvalue weighted by atomic mass is 9.79. The Labute approximate surface area is 357 Å². The number of thiophene rings is 1. The monoisotopic (exact) mass is 854 g/mol. The van der Waals surface area contributed by atoms with Gasteiger partial charge in [-0.1, -0.05) is 54.1 Å². The molecule has 314 valence electrons. The maximum absolute atomic E-state index is 14.5. The minimum Gasteiger partial charge on any atom is -0.497 e. The molecule has 4 fully saturated rings. The number of rotatable bonds is 14. The molecule has 8 rings (SSSR count). The Morgan fingerprint density at radius 3 is 2.23 bits per heavy atom. The summed E-state index contributed by atoms with van der Waals surface area (Å²) in [5.74, 6) is -0.240. The number of fused-ring (bicyclic) bond motifs is 2. The van der Waals surface area contributed by atoms with Gasteiger partial charge in [0, 0.05) is 37.4 Å². The Hall–Kier alpha value is -5.44. The first-order chi connectivity index (χ1) is 29.0. The van der Waals surface area contributed by atoms with Crippen molar-refractivity contribution < 1.29 is 42.9 Å². The highest BCUT2D eigenvalue weighted by molar-refractivity contribution is 7.18. The molecule has 2 saturated heterocycles. The van der Waals surface area contributed by atoms with Crippen molar-refractivity contribution in [1.82, 2.24) is 9.80 Å². The van der Waals surface area contributed by atoms with Crippen molar-refractivity contribution in [2.75, 3.05) is 56.3 Å². The topological polar surface area (TPSA) is 135 Å². The van der Waals surface area contributed by atoms with Crippen molar-refractivity contribution in [1.29, 1.82) is 0 Å². The van der Waals surface area contributed by atoms with E-state index in [9.17, 15) is 24.0 Å². The third-order valence-electron chi connectivity index (χ3n) is 12.2. The first-order valence-corrected chi connectivity index (χ1v) is 21.4. The molecule has 0 spiro atoms. The van der Waals surface area contributed by atoms with Gasteiger partial charge < -0.3 is 28.7 Å². The Bertz CT molecular complexity index is 2210. The maximum Gasteiger partial charge on any atom is 0.414 e. The summed E-state index contributed by atoms with van der Waals surface area (Å²) in [5.41, 5.74) is 2.53. The zero-order valence-electron chi connectivity index (χ0n) is 33.4. The maximum atomic E-state index is 14.5. The first-order valence-electron chi connectivity index (χ1n) is 20.2. The number of amides is 5. The summed E-state index contributed by atoms with van der Waals surface area (Å²) in [6.07, 6.45) is 2.30. The number of carbonyl (C=O) groups excluding carboxylic acids is 5. The van der Waals surface area contributed by atoms with Crippen LogP contribution in [0.4, 0.5) is 21.0 Å². The largest absolute Gasteiger partial charge is 0.497 e. The molecule has 0 N–H and O–H groups in total. The lowest BCUT2D eigenvalue weighted by Crippen LogP contribution is -2.44. The second-order valence-corrected chi connectivity index (χ2v) is 18.0. The summed E-state index contributed by atoms with van der Waals surface area (Å²) in [6, 6.07) is 27.5. The molecule has 2 aliphatic heterocycles. The number of halogens is 1. The standard InChI is InChI=1S/C45H47ClN4O9S/c1-56-35-13-7-31(8-14-35)24-47(42(54)58-27-32-5-3-2-4-6-32)30-45-19-17-44(29-45,18-20-45)23-39(51)50(41(53)37-15-16-38(46)60-37)26-36-25-49(43(55)59-36)34-11-9-33(10-12-34)48-21-22-57-28-40(48)52/h2-16,36H,17-30H2,1H3/t36-,44?,45?/m1/s1. The van der Waals surface area contributed by atoms with Gasteiger partial charge in [-0.3, -0.25) is 24.2 Å². The van der Waals surface area contributed by atoms with E-state index in [1.54, 1.807) is 53.3 Å². The van der Waals surface area contributed by atoms with Crippen molar-refractivity contribution in [2.24, 2.45) is 10.8 Å². The van der Waals surface area contributed by atoms with E-state index in [1.165, 1.54) is 9.80 Å². The van der Waals surface area contributed by atoms with Crippen molar-refractivity contribution in [2.45, 2.75) is 57.8 Å². The van der Waals surface area contributed by atoms with Crippen molar-refractivity contribution in [3.8, 4) is 5.75 Å². The molecule has 13 nitrogen and oxygen atoms in total. The Balaban J connectivity index is 0.954. The van der Waals surface area contributed by atoms with Crippen LogP contribution in [0.25, 0.3) is 0 Å². The molecule has 60 heavy (non-hydrogen) atoms. The number of methoxy groups -OCH3 is 1. The minimum atomic E-state index is -0.779. The molecule has 15 heteroatoms. The first kappa shape index (κ1) is 41.3. The summed E-state index contributed by atoms with van der Waals surface area (Å²) in [4.78, 5) is 74.3. The second kappa shape index (κ2) is 17.6. The van der Waals surface area contributed by atoms with E-state index in [1.807, 2.05) is 54.6 Å². The number of hydrogen-bond donors (Lipinski definition) is 0. The number of carbonyl (C=O) groups is 5.